The Morgan fingerprint density at radius 2 is 2.24 bits per heavy atom. The van der Waals surface area contributed by atoms with E-state index in [-0.39, 0.29) is 12.5 Å². The zero-order valence-electron chi connectivity index (χ0n) is 12.4. The van der Waals surface area contributed by atoms with Crippen molar-refractivity contribution < 1.29 is 14.3 Å². The summed E-state index contributed by atoms with van der Waals surface area (Å²) in [6.45, 7) is 4.38. The highest BCUT2D eigenvalue weighted by atomic mass is 32.1. The fourth-order valence-corrected chi connectivity index (χ4v) is 3.32. The van der Waals surface area contributed by atoms with E-state index >= 15 is 0 Å². The zero-order valence-corrected chi connectivity index (χ0v) is 13.2. The molecule has 2 heterocycles. The highest BCUT2D eigenvalue weighted by Gasteiger charge is 2.15. The van der Waals surface area contributed by atoms with Crippen LogP contribution in [-0.2, 0) is 0 Å². The van der Waals surface area contributed by atoms with Crippen molar-refractivity contribution in [2.24, 2.45) is 0 Å². The summed E-state index contributed by atoms with van der Waals surface area (Å²) in [5, 5.41) is 14.1. The molecule has 2 aromatic heterocycles. The lowest BCUT2D eigenvalue weighted by Crippen LogP contribution is -2.25. The van der Waals surface area contributed by atoms with E-state index in [0.29, 0.717) is 23.8 Å². The molecular formula is C16H21NO3S. The van der Waals surface area contributed by atoms with Crippen LogP contribution in [0.5, 0.6) is 0 Å². The van der Waals surface area contributed by atoms with Crippen LogP contribution in [0.2, 0.25) is 0 Å². The largest absolute Gasteiger partial charge is 0.466 e. The van der Waals surface area contributed by atoms with Gasteiger partial charge in [0.25, 0.3) is 5.91 Å². The number of thiophene rings is 1. The molecule has 0 saturated carbocycles. The van der Waals surface area contributed by atoms with Gasteiger partial charge in [-0.25, -0.2) is 0 Å². The number of aliphatic hydroxyl groups excluding tert-OH is 1. The van der Waals surface area contributed by atoms with Gasteiger partial charge < -0.3 is 14.8 Å². The van der Waals surface area contributed by atoms with Crippen molar-refractivity contribution in [2.75, 3.05) is 13.2 Å². The van der Waals surface area contributed by atoms with Crippen LogP contribution in [0.25, 0.3) is 0 Å². The Bertz CT molecular complexity index is 574. The number of aryl methyl sites for hydroxylation is 2. The van der Waals surface area contributed by atoms with Crippen molar-refractivity contribution in [1.29, 1.82) is 0 Å². The SMILES string of the molecule is Cc1cc(C(=O)NCC[C@H](CCO)c2cccs2)c(C)o1. The van der Waals surface area contributed by atoms with Crippen molar-refractivity contribution in [1.82, 2.24) is 5.32 Å². The molecule has 0 aromatic carbocycles. The van der Waals surface area contributed by atoms with Crippen LogP contribution in [-0.4, -0.2) is 24.2 Å². The predicted octanol–water partition coefficient (Wildman–Crippen LogP) is 3.24. The molecule has 2 aromatic rings. The molecule has 0 aliphatic rings. The Balaban J connectivity index is 1.87. The van der Waals surface area contributed by atoms with Crippen LogP contribution in [0, 0.1) is 13.8 Å². The fourth-order valence-electron chi connectivity index (χ4n) is 2.42. The van der Waals surface area contributed by atoms with E-state index in [1.165, 1.54) is 4.88 Å². The Morgan fingerprint density at radius 3 is 2.81 bits per heavy atom. The zero-order chi connectivity index (χ0) is 15.2. The molecule has 0 saturated heterocycles. The average Bonchev–Trinajstić information content (AvgIpc) is 3.07. The Morgan fingerprint density at radius 1 is 1.43 bits per heavy atom. The van der Waals surface area contributed by atoms with E-state index < -0.39 is 0 Å². The standard InChI is InChI=1S/C16H21NO3S/c1-11-10-14(12(2)20-11)16(19)17-7-5-13(6-8-18)15-4-3-9-21-15/h3-4,9-10,13,18H,5-8H2,1-2H3,(H,17,19)/t13-/m1/s1. The van der Waals surface area contributed by atoms with Gasteiger partial charge in [0.1, 0.15) is 11.5 Å². The normalized spacial score (nSPS) is 12.3. The quantitative estimate of drug-likeness (QED) is 0.825. The first-order valence-corrected chi connectivity index (χ1v) is 7.99. The molecule has 0 bridgehead atoms. The molecule has 0 aliphatic carbocycles. The third-order valence-electron chi connectivity index (χ3n) is 3.49. The molecule has 4 nitrogen and oxygen atoms in total. The van der Waals surface area contributed by atoms with Gasteiger partial charge in [-0.15, -0.1) is 11.3 Å². The number of nitrogens with one attached hydrogen (secondary N) is 1. The van der Waals surface area contributed by atoms with Gasteiger partial charge in [-0.05, 0) is 50.1 Å². The number of aliphatic hydroxyl groups is 1. The molecule has 1 amide bonds. The maximum absolute atomic E-state index is 12.1. The summed E-state index contributed by atoms with van der Waals surface area (Å²) in [6.07, 6.45) is 1.54. The minimum Gasteiger partial charge on any atom is -0.466 e. The van der Waals surface area contributed by atoms with Gasteiger partial charge in [-0.2, -0.15) is 0 Å². The van der Waals surface area contributed by atoms with Gasteiger partial charge >= 0.3 is 0 Å². The lowest BCUT2D eigenvalue weighted by atomic mass is 10.00. The summed E-state index contributed by atoms with van der Waals surface area (Å²) in [7, 11) is 0. The lowest BCUT2D eigenvalue weighted by Gasteiger charge is -2.14. The molecule has 0 aliphatic heterocycles. The molecule has 1 atom stereocenters. The Hall–Kier alpha value is -1.59. The number of furan rings is 1. The summed E-state index contributed by atoms with van der Waals surface area (Å²) in [5.41, 5.74) is 0.599. The molecule has 21 heavy (non-hydrogen) atoms. The first-order chi connectivity index (χ1) is 10.1. The fraction of sp³-hybridized carbons (Fsp3) is 0.438. The number of carbonyl (C=O) groups is 1. The van der Waals surface area contributed by atoms with Crippen molar-refractivity contribution in [3.05, 3.63) is 45.5 Å². The summed E-state index contributed by atoms with van der Waals surface area (Å²) >= 11 is 1.69. The van der Waals surface area contributed by atoms with Crippen molar-refractivity contribution in [2.45, 2.75) is 32.6 Å². The molecular weight excluding hydrogens is 286 g/mol. The van der Waals surface area contributed by atoms with Crippen molar-refractivity contribution >= 4 is 17.2 Å². The van der Waals surface area contributed by atoms with Crippen molar-refractivity contribution in [3.8, 4) is 0 Å². The minimum absolute atomic E-state index is 0.0988. The van der Waals surface area contributed by atoms with E-state index in [2.05, 4.69) is 11.4 Å². The van der Waals surface area contributed by atoms with Gasteiger partial charge in [-0.1, -0.05) is 6.07 Å². The van der Waals surface area contributed by atoms with Gasteiger partial charge in [0.15, 0.2) is 0 Å². The number of hydrogen-bond acceptors (Lipinski definition) is 4. The minimum atomic E-state index is -0.0988. The molecule has 0 fully saturated rings. The van der Waals surface area contributed by atoms with Crippen LogP contribution in [0.4, 0.5) is 0 Å². The second kappa shape index (κ2) is 7.43. The van der Waals surface area contributed by atoms with Crippen LogP contribution in [0.1, 0.15) is 45.5 Å². The van der Waals surface area contributed by atoms with Gasteiger partial charge in [0, 0.05) is 18.0 Å². The van der Waals surface area contributed by atoms with Gasteiger partial charge in [0.2, 0.25) is 0 Å². The predicted molar refractivity (Wildman–Crippen MR) is 83.9 cm³/mol. The van der Waals surface area contributed by atoms with E-state index in [1.54, 1.807) is 24.3 Å². The second-order valence-corrected chi connectivity index (χ2v) is 6.08. The number of hydrogen-bond donors (Lipinski definition) is 2. The smallest absolute Gasteiger partial charge is 0.254 e. The van der Waals surface area contributed by atoms with Crippen molar-refractivity contribution in [3.63, 3.8) is 0 Å². The molecule has 0 radical (unpaired) electrons. The maximum Gasteiger partial charge on any atom is 0.254 e. The van der Waals surface area contributed by atoms with E-state index in [0.717, 1.165) is 18.6 Å². The van der Waals surface area contributed by atoms with Crippen LogP contribution in [0.3, 0.4) is 0 Å². The number of carbonyl (C=O) groups excluding carboxylic acids is 1. The first kappa shape index (κ1) is 15.8. The summed E-state index contributed by atoms with van der Waals surface area (Å²) in [4.78, 5) is 13.3. The topological polar surface area (TPSA) is 62.5 Å². The van der Waals surface area contributed by atoms with Gasteiger partial charge in [0.05, 0.1) is 5.56 Å². The molecule has 2 N–H and O–H groups in total. The van der Waals surface area contributed by atoms with Crippen LogP contribution in [0.15, 0.2) is 28.0 Å². The van der Waals surface area contributed by atoms with E-state index in [9.17, 15) is 4.79 Å². The monoisotopic (exact) mass is 307 g/mol. The first-order valence-electron chi connectivity index (χ1n) is 7.11. The summed E-state index contributed by atoms with van der Waals surface area (Å²) in [5.74, 6) is 1.59. The molecule has 2 rings (SSSR count). The maximum atomic E-state index is 12.1. The summed E-state index contributed by atoms with van der Waals surface area (Å²) in [6, 6.07) is 5.85. The molecule has 0 unspecified atom stereocenters. The molecule has 5 heteroatoms. The van der Waals surface area contributed by atoms with E-state index in [4.69, 9.17) is 9.52 Å². The Labute approximate surface area is 128 Å². The van der Waals surface area contributed by atoms with Crippen LogP contribution >= 0.6 is 11.3 Å². The third-order valence-corrected chi connectivity index (χ3v) is 4.52. The van der Waals surface area contributed by atoms with Gasteiger partial charge in [-0.3, -0.25) is 4.79 Å². The number of rotatable bonds is 7. The summed E-state index contributed by atoms with van der Waals surface area (Å²) < 4.78 is 5.37. The third kappa shape index (κ3) is 4.19. The second-order valence-electron chi connectivity index (χ2n) is 5.10. The highest BCUT2D eigenvalue weighted by molar-refractivity contribution is 7.10. The number of amides is 1. The lowest BCUT2D eigenvalue weighted by molar-refractivity contribution is 0.0950. The average molecular weight is 307 g/mol. The molecule has 0 spiro atoms. The molecule has 114 valence electrons. The van der Waals surface area contributed by atoms with E-state index in [1.807, 2.05) is 18.4 Å². The van der Waals surface area contributed by atoms with Crippen LogP contribution < -0.4 is 5.32 Å². The highest BCUT2D eigenvalue weighted by Crippen LogP contribution is 2.27. The Kier molecular flexibility index (Phi) is 5.59.